The first kappa shape index (κ1) is 14.9. The van der Waals surface area contributed by atoms with Crippen molar-refractivity contribution in [2.45, 2.75) is 37.7 Å². The Morgan fingerprint density at radius 3 is 2.30 bits per heavy atom. The number of methoxy groups -OCH3 is 3. The van der Waals surface area contributed by atoms with Crippen molar-refractivity contribution in [1.82, 2.24) is 0 Å². The Kier molecular flexibility index (Phi) is 4.65. The Morgan fingerprint density at radius 1 is 1.05 bits per heavy atom. The summed E-state index contributed by atoms with van der Waals surface area (Å²) in [6.45, 7) is 0. The number of benzene rings is 1. The van der Waals surface area contributed by atoms with Crippen LogP contribution >= 0.6 is 0 Å². The lowest BCUT2D eigenvalue weighted by Crippen LogP contribution is -2.42. The third kappa shape index (κ3) is 2.66. The number of carbonyl (C=O) groups excluding carboxylic acids is 1. The van der Waals surface area contributed by atoms with Crippen molar-refractivity contribution in [3.05, 3.63) is 23.8 Å². The summed E-state index contributed by atoms with van der Waals surface area (Å²) < 4.78 is 16.1. The standard InChI is InChI=1S/C16H22O4/c1-18-12-7-8-13(14(11-12)19-2)15(17)16(20-3)9-5-4-6-10-16/h7-8,11H,4-6,9-10H2,1-3H3. The summed E-state index contributed by atoms with van der Waals surface area (Å²) in [5.41, 5.74) is -0.128. The van der Waals surface area contributed by atoms with E-state index in [-0.39, 0.29) is 5.78 Å². The van der Waals surface area contributed by atoms with Crippen LogP contribution in [0.15, 0.2) is 18.2 Å². The van der Waals surface area contributed by atoms with Gasteiger partial charge in [0.2, 0.25) is 0 Å². The molecule has 0 unspecified atom stereocenters. The third-order valence-corrected chi connectivity index (χ3v) is 4.12. The second-order valence-electron chi connectivity index (χ2n) is 5.15. The summed E-state index contributed by atoms with van der Waals surface area (Å²) in [6, 6.07) is 5.27. The first-order chi connectivity index (χ1) is 9.66. The average molecular weight is 278 g/mol. The monoisotopic (exact) mass is 278 g/mol. The van der Waals surface area contributed by atoms with E-state index in [4.69, 9.17) is 14.2 Å². The molecule has 0 bridgehead atoms. The predicted octanol–water partition coefficient (Wildman–Crippen LogP) is 3.24. The minimum absolute atomic E-state index is 0.0132. The molecule has 1 aliphatic carbocycles. The van der Waals surface area contributed by atoms with E-state index in [1.807, 2.05) is 0 Å². The predicted molar refractivity (Wildman–Crippen MR) is 76.7 cm³/mol. The molecule has 0 atom stereocenters. The van der Waals surface area contributed by atoms with Crippen LogP contribution in [0.5, 0.6) is 11.5 Å². The second kappa shape index (κ2) is 6.27. The fraction of sp³-hybridized carbons (Fsp3) is 0.562. The number of ether oxygens (including phenoxy) is 3. The maximum Gasteiger partial charge on any atom is 0.198 e. The molecule has 0 heterocycles. The van der Waals surface area contributed by atoms with Crippen LogP contribution in [0.3, 0.4) is 0 Å². The van der Waals surface area contributed by atoms with E-state index in [0.717, 1.165) is 32.1 Å². The van der Waals surface area contributed by atoms with E-state index in [9.17, 15) is 4.79 Å². The van der Waals surface area contributed by atoms with Gasteiger partial charge in [-0.1, -0.05) is 19.3 Å². The van der Waals surface area contributed by atoms with Gasteiger partial charge in [0.1, 0.15) is 17.1 Å². The molecule has 1 aromatic carbocycles. The SMILES string of the molecule is COc1ccc(C(=O)C2(OC)CCCCC2)c(OC)c1. The minimum atomic E-state index is -0.694. The highest BCUT2D eigenvalue weighted by molar-refractivity contribution is 6.04. The highest BCUT2D eigenvalue weighted by Gasteiger charge is 2.41. The topological polar surface area (TPSA) is 44.8 Å². The molecule has 1 saturated carbocycles. The Balaban J connectivity index is 2.36. The van der Waals surface area contributed by atoms with Crippen molar-refractivity contribution in [2.75, 3.05) is 21.3 Å². The van der Waals surface area contributed by atoms with Crippen LogP contribution < -0.4 is 9.47 Å². The normalized spacial score (nSPS) is 17.6. The molecule has 20 heavy (non-hydrogen) atoms. The van der Waals surface area contributed by atoms with Gasteiger partial charge in [0.15, 0.2) is 5.78 Å². The molecule has 0 amide bonds. The summed E-state index contributed by atoms with van der Waals surface area (Å²) in [6.07, 6.45) is 4.77. The van der Waals surface area contributed by atoms with E-state index < -0.39 is 5.60 Å². The highest BCUT2D eigenvalue weighted by atomic mass is 16.5. The number of hydrogen-bond acceptors (Lipinski definition) is 4. The highest BCUT2D eigenvalue weighted by Crippen LogP contribution is 2.37. The maximum absolute atomic E-state index is 12.9. The molecule has 0 radical (unpaired) electrons. The molecule has 0 aromatic heterocycles. The van der Waals surface area contributed by atoms with Gasteiger partial charge in [-0.25, -0.2) is 0 Å². The Bertz CT molecular complexity index is 475. The van der Waals surface area contributed by atoms with E-state index in [1.54, 1.807) is 39.5 Å². The van der Waals surface area contributed by atoms with Gasteiger partial charge in [-0.15, -0.1) is 0 Å². The first-order valence-electron chi connectivity index (χ1n) is 6.99. The zero-order chi connectivity index (χ0) is 14.6. The van der Waals surface area contributed by atoms with Crippen LogP contribution in [0, 0.1) is 0 Å². The van der Waals surface area contributed by atoms with Gasteiger partial charge < -0.3 is 14.2 Å². The molecule has 0 aliphatic heterocycles. The second-order valence-corrected chi connectivity index (χ2v) is 5.15. The van der Waals surface area contributed by atoms with Gasteiger partial charge in [-0.2, -0.15) is 0 Å². The number of hydrogen-bond donors (Lipinski definition) is 0. The van der Waals surface area contributed by atoms with Crippen LogP contribution in [0.2, 0.25) is 0 Å². The van der Waals surface area contributed by atoms with E-state index in [0.29, 0.717) is 17.1 Å². The molecule has 4 heteroatoms. The number of ketones is 1. The number of rotatable bonds is 5. The number of Topliss-reactive ketones (excluding diaryl/α,β-unsaturated/α-hetero) is 1. The molecular weight excluding hydrogens is 256 g/mol. The van der Waals surface area contributed by atoms with Crippen molar-refractivity contribution < 1.29 is 19.0 Å². The molecule has 2 rings (SSSR count). The lowest BCUT2D eigenvalue weighted by Gasteiger charge is -2.34. The van der Waals surface area contributed by atoms with Gasteiger partial charge in [0.05, 0.1) is 19.8 Å². The van der Waals surface area contributed by atoms with Crippen molar-refractivity contribution in [3.8, 4) is 11.5 Å². The van der Waals surface area contributed by atoms with Crippen molar-refractivity contribution in [3.63, 3.8) is 0 Å². The zero-order valence-corrected chi connectivity index (χ0v) is 12.4. The summed E-state index contributed by atoms with van der Waals surface area (Å²) in [5.74, 6) is 1.23. The summed E-state index contributed by atoms with van der Waals surface area (Å²) in [4.78, 5) is 12.9. The lowest BCUT2D eigenvalue weighted by molar-refractivity contribution is -0.0195. The van der Waals surface area contributed by atoms with E-state index >= 15 is 0 Å². The van der Waals surface area contributed by atoms with Crippen molar-refractivity contribution >= 4 is 5.78 Å². The van der Waals surface area contributed by atoms with Crippen molar-refractivity contribution in [1.29, 1.82) is 0 Å². The smallest absolute Gasteiger partial charge is 0.198 e. The molecular formula is C16H22O4. The quantitative estimate of drug-likeness (QED) is 0.776. The van der Waals surface area contributed by atoms with Crippen LogP contribution in [0.4, 0.5) is 0 Å². The molecule has 4 nitrogen and oxygen atoms in total. The third-order valence-electron chi connectivity index (χ3n) is 4.12. The van der Waals surface area contributed by atoms with Gasteiger partial charge >= 0.3 is 0 Å². The van der Waals surface area contributed by atoms with Crippen LogP contribution in [-0.4, -0.2) is 32.7 Å². The van der Waals surface area contributed by atoms with Crippen LogP contribution in [0.25, 0.3) is 0 Å². The van der Waals surface area contributed by atoms with Gasteiger partial charge in [-0.3, -0.25) is 4.79 Å². The Hall–Kier alpha value is -1.55. The summed E-state index contributed by atoms with van der Waals surface area (Å²) >= 11 is 0. The molecule has 1 aliphatic rings. The fourth-order valence-electron chi connectivity index (χ4n) is 2.88. The van der Waals surface area contributed by atoms with E-state index in [2.05, 4.69) is 0 Å². The van der Waals surface area contributed by atoms with Gasteiger partial charge in [0.25, 0.3) is 0 Å². The summed E-state index contributed by atoms with van der Waals surface area (Å²) in [5, 5.41) is 0. The molecule has 0 saturated heterocycles. The number of carbonyl (C=O) groups is 1. The maximum atomic E-state index is 12.9. The minimum Gasteiger partial charge on any atom is -0.497 e. The molecule has 0 N–H and O–H groups in total. The fourth-order valence-corrected chi connectivity index (χ4v) is 2.88. The van der Waals surface area contributed by atoms with Gasteiger partial charge in [0, 0.05) is 13.2 Å². The average Bonchev–Trinajstić information content (AvgIpc) is 2.54. The van der Waals surface area contributed by atoms with Gasteiger partial charge in [-0.05, 0) is 25.0 Å². The van der Waals surface area contributed by atoms with E-state index in [1.165, 1.54) is 0 Å². The lowest BCUT2D eigenvalue weighted by atomic mass is 9.79. The van der Waals surface area contributed by atoms with Crippen LogP contribution in [-0.2, 0) is 4.74 Å². The summed E-state index contributed by atoms with van der Waals surface area (Å²) in [7, 11) is 4.78. The Labute approximate surface area is 120 Å². The van der Waals surface area contributed by atoms with Crippen molar-refractivity contribution in [2.24, 2.45) is 0 Å². The molecule has 1 fully saturated rings. The zero-order valence-electron chi connectivity index (χ0n) is 12.4. The Morgan fingerprint density at radius 2 is 1.75 bits per heavy atom. The molecule has 110 valence electrons. The largest absolute Gasteiger partial charge is 0.497 e. The molecule has 0 spiro atoms. The first-order valence-corrected chi connectivity index (χ1v) is 6.99. The van der Waals surface area contributed by atoms with Crippen LogP contribution in [0.1, 0.15) is 42.5 Å². The molecule has 1 aromatic rings.